The first-order valence-electron chi connectivity index (χ1n) is 6.98. The molecule has 0 unspecified atom stereocenters. The third kappa shape index (κ3) is 2.87. The minimum Gasteiger partial charge on any atom is -0.384 e. The van der Waals surface area contributed by atoms with E-state index in [-0.39, 0.29) is 4.90 Å². The monoisotopic (exact) mass is 305 g/mol. The Morgan fingerprint density at radius 2 is 1.95 bits per heavy atom. The lowest BCUT2D eigenvalue weighted by molar-refractivity contribution is 0.400. The first kappa shape index (κ1) is 14.3. The molecule has 0 spiro atoms. The van der Waals surface area contributed by atoms with Crippen LogP contribution < -0.4 is 10.5 Å². The van der Waals surface area contributed by atoms with Crippen molar-refractivity contribution < 1.29 is 8.42 Å². The number of sulfonamides is 1. The van der Waals surface area contributed by atoms with Crippen LogP contribution >= 0.6 is 0 Å². The van der Waals surface area contributed by atoms with Gasteiger partial charge in [0.15, 0.2) is 0 Å². The van der Waals surface area contributed by atoms with Crippen molar-refractivity contribution in [2.75, 3.05) is 5.73 Å². The molecule has 0 radical (unpaired) electrons. The summed E-state index contributed by atoms with van der Waals surface area (Å²) in [7, 11) is -3.53. The average molecular weight is 305 g/mol. The summed E-state index contributed by atoms with van der Waals surface area (Å²) >= 11 is 0. The molecule has 0 amide bonds. The maximum Gasteiger partial charge on any atom is 0.241 e. The van der Waals surface area contributed by atoms with Gasteiger partial charge in [-0.25, -0.2) is 18.1 Å². The van der Waals surface area contributed by atoms with E-state index in [9.17, 15) is 8.42 Å². The number of nitrogens with two attached hydrogens (primary N) is 1. The molecule has 1 fully saturated rings. The number of anilines is 1. The summed E-state index contributed by atoms with van der Waals surface area (Å²) in [4.78, 5) is 4.43. The van der Waals surface area contributed by atoms with Gasteiger partial charge in [0.2, 0.25) is 10.0 Å². The molecular weight excluding hydrogens is 286 g/mol. The van der Waals surface area contributed by atoms with Crippen molar-refractivity contribution in [2.24, 2.45) is 5.92 Å². The largest absolute Gasteiger partial charge is 0.384 e. The number of nitrogens with one attached hydrogen (secondary N) is 1. The molecule has 0 saturated heterocycles. The lowest BCUT2D eigenvalue weighted by Gasteiger charge is -2.25. The molecule has 0 bridgehead atoms. The van der Waals surface area contributed by atoms with Gasteiger partial charge in [0.1, 0.15) is 5.82 Å². The number of fused-ring (bicyclic) bond motifs is 1. The molecule has 21 heavy (non-hydrogen) atoms. The highest BCUT2D eigenvalue weighted by atomic mass is 32.2. The molecule has 0 atom stereocenters. The zero-order valence-corrected chi connectivity index (χ0v) is 12.9. The van der Waals surface area contributed by atoms with Crippen LogP contribution in [0.4, 0.5) is 5.82 Å². The van der Waals surface area contributed by atoms with E-state index in [0.717, 1.165) is 18.2 Å². The van der Waals surface area contributed by atoms with Crippen molar-refractivity contribution in [3.63, 3.8) is 0 Å². The normalized spacial score (nSPS) is 16.3. The molecule has 5 nitrogen and oxygen atoms in total. The minimum absolute atomic E-state index is 0.260. The van der Waals surface area contributed by atoms with Crippen LogP contribution in [-0.2, 0) is 10.0 Å². The Hall–Kier alpha value is -1.66. The van der Waals surface area contributed by atoms with E-state index < -0.39 is 15.6 Å². The topological polar surface area (TPSA) is 85.1 Å². The standard InChI is InChI=1S/C15H19N3O2S/c1-15(2,11-4-5-11)18-21(19,20)12-6-7-13-10(9-12)3-8-14(16)17-13/h3,6-9,11,18H,4-5H2,1-2H3,(H2,16,17). The number of hydrogen-bond donors (Lipinski definition) is 2. The van der Waals surface area contributed by atoms with E-state index >= 15 is 0 Å². The van der Waals surface area contributed by atoms with Crippen LogP contribution in [0.15, 0.2) is 35.2 Å². The Morgan fingerprint density at radius 3 is 2.62 bits per heavy atom. The van der Waals surface area contributed by atoms with E-state index in [1.54, 1.807) is 30.3 Å². The summed E-state index contributed by atoms with van der Waals surface area (Å²) in [5, 5.41) is 0.760. The first-order chi connectivity index (χ1) is 9.78. The third-order valence-electron chi connectivity index (χ3n) is 3.99. The van der Waals surface area contributed by atoms with E-state index in [0.29, 0.717) is 17.3 Å². The van der Waals surface area contributed by atoms with Crippen molar-refractivity contribution in [3.05, 3.63) is 30.3 Å². The highest BCUT2D eigenvalue weighted by Gasteiger charge is 2.40. The zero-order chi connectivity index (χ0) is 15.3. The van der Waals surface area contributed by atoms with Crippen molar-refractivity contribution in [1.82, 2.24) is 9.71 Å². The maximum absolute atomic E-state index is 12.5. The van der Waals surface area contributed by atoms with Crippen LogP contribution in [0.25, 0.3) is 10.9 Å². The van der Waals surface area contributed by atoms with E-state index in [1.807, 2.05) is 13.8 Å². The number of pyridine rings is 1. The summed E-state index contributed by atoms with van der Waals surface area (Å²) in [6.07, 6.45) is 2.16. The number of aromatic nitrogens is 1. The highest BCUT2D eigenvalue weighted by molar-refractivity contribution is 7.89. The van der Waals surface area contributed by atoms with Crippen LogP contribution in [0.1, 0.15) is 26.7 Å². The van der Waals surface area contributed by atoms with Crippen molar-refractivity contribution in [1.29, 1.82) is 0 Å². The second-order valence-electron chi connectivity index (χ2n) is 6.19. The lowest BCUT2D eigenvalue weighted by Crippen LogP contribution is -2.45. The minimum atomic E-state index is -3.53. The number of hydrogen-bond acceptors (Lipinski definition) is 4. The Labute approximate surface area is 124 Å². The van der Waals surface area contributed by atoms with Gasteiger partial charge in [-0.05, 0) is 62.9 Å². The smallest absolute Gasteiger partial charge is 0.241 e. The number of nitrogen functional groups attached to an aromatic ring is 1. The molecule has 1 saturated carbocycles. The predicted octanol–water partition coefficient (Wildman–Crippen LogP) is 2.28. The second kappa shape index (κ2) is 4.68. The van der Waals surface area contributed by atoms with Gasteiger partial charge in [-0.3, -0.25) is 0 Å². The summed E-state index contributed by atoms with van der Waals surface area (Å²) in [6, 6.07) is 8.33. The van der Waals surface area contributed by atoms with Crippen LogP contribution in [0.2, 0.25) is 0 Å². The molecule has 1 aromatic heterocycles. The second-order valence-corrected chi connectivity index (χ2v) is 7.87. The highest BCUT2D eigenvalue weighted by Crippen LogP contribution is 2.40. The molecule has 6 heteroatoms. The summed E-state index contributed by atoms with van der Waals surface area (Å²) in [6.45, 7) is 3.87. The summed E-state index contributed by atoms with van der Waals surface area (Å²) < 4.78 is 27.9. The summed E-state index contributed by atoms with van der Waals surface area (Å²) in [5.41, 5.74) is 5.91. The van der Waals surface area contributed by atoms with Crippen LogP contribution in [0.3, 0.4) is 0 Å². The van der Waals surface area contributed by atoms with Crippen molar-refractivity contribution >= 4 is 26.7 Å². The molecule has 1 aliphatic carbocycles. The van der Waals surface area contributed by atoms with E-state index in [4.69, 9.17) is 5.73 Å². The van der Waals surface area contributed by atoms with Crippen LogP contribution in [0, 0.1) is 5.92 Å². The van der Waals surface area contributed by atoms with E-state index in [2.05, 4.69) is 9.71 Å². The quantitative estimate of drug-likeness (QED) is 0.907. The number of rotatable bonds is 4. The predicted molar refractivity (Wildman–Crippen MR) is 83.3 cm³/mol. The Morgan fingerprint density at radius 1 is 1.24 bits per heavy atom. The molecule has 1 aromatic carbocycles. The van der Waals surface area contributed by atoms with Crippen LogP contribution in [0.5, 0.6) is 0 Å². The Kier molecular flexibility index (Phi) is 3.18. The molecule has 1 aliphatic rings. The SMILES string of the molecule is CC(C)(NS(=O)(=O)c1ccc2nc(N)ccc2c1)C1CC1. The first-order valence-corrected chi connectivity index (χ1v) is 8.46. The lowest BCUT2D eigenvalue weighted by atomic mass is 10.0. The molecule has 0 aliphatic heterocycles. The van der Waals surface area contributed by atoms with Gasteiger partial charge < -0.3 is 5.73 Å². The van der Waals surface area contributed by atoms with Gasteiger partial charge in [0.25, 0.3) is 0 Å². The van der Waals surface area contributed by atoms with Gasteiger partial charge in [0, 0.05) is 10.9 Å². The molecular formula is C15H19N3O2S. The zero-order valence-electron chi connectivity index (χ0n) is 12.1. The molecule has 112 valence electrons. The van der Waals surface area contributed by atoms with Gasteiger partial charge >= 0.3 is 0 Å². The number of nitrogens with zero attached hydrogens (tertiary/aromatic N) is 1. The van der Waals surface area contributed by atoms with Crippen molar-refractivity contribution in [3.8, 4) is 0 Å². The fourth-order valence-electron chi connectivity index (χ4n) is 2.58. The average Bonchev–Trinajstić information content (AvgIpc) is 3.21. The van der Waals surface area contributed by atoms with Gasteiger partial charge in [-0.1, -0.05) is 0 Å². The van der Waals surface area contributed by atoms with Gasteiger partial charge in [-0.2, -0.15) is 0 Å². The Balaban J connectivity index is 1.96. The number of benzene rings is 1. The van der Waals surface area contributed by atoms with Crippen LogP contribution in [-0.4, -0.2) is 18.9 Å². The summed E-state index contributed by atoms with van der Waals surface area (Å²) in [5.74, 6) is 0.847. The molecule has 2 aromatic rings. The third-order valence-corrected chi connectivity index (χ3v) is 5.66. The maximum atomic E-state index is 12.5. The van der Waals surface area contributed by atoms with E-state index in [1.165, 1.54) is 0 Å². The van der Waals surface area contributed by atoms with Crippen molar-refractivity contribution in [2.45, 2.75) is 37.1 Å². The van der Waals surface area contributed by atoms with Gasteiger partial charge in [-0.15, -0.1) is 0 Å². The van der Waals surface area contributed by atoms with Gasteiger partial charge in [0.05, 0.1) is 10.4 Å². The molecule has 3 rings (SSSR count). The molecule has 3 N–H and O–H groups in total. The fourth-order valence-corrected chi connectivity index (χ4v) is 4.09. The Bertz CT molecular complexity index is 796. The molecule has 1 heterocycles. The fraction of sp³-hybridized carbons (Fsp3) is 0.400.